The molecule has 1 aliphatic heterocycles. The lowest BCUT2D eigenvalue weighted by atomic mass is 10.2. The number of hydrogen-bond acceptors (Lipinski definition) is 7. The Morgan fingerprint density at radius 3 is 1.66 bits per heavy atom. The zero-order valence-electron chi connectivity index (χ0n) is 29.7. The number of ether oxygens (including phenoxy) is 1. The molecule has 0 spiro atoms. The van der Waals surface area contributed by atoms with E-state index in [4.69, 9.17) is 14.3 Å². The first kappa shape index (κ1) is 43.9. The van der Waals surface area contributed by atoms with Gasteiger partial charge in [0.2, 0.25) is 0 Å². The smallest absolute Gasteiger partial charge is 0.320 e. The molecular formula is C34H61ClN6O5Si. The Bertz CT molecular complexity index is 1090. The van der Waals surface area contributed by atoms with E-state index in [1.54, 1.807) is 18.3 Å². The molecule has 0 bridgehead atoms. The number of halogens is 1. The number of unbranched alkanes of at least 4 members (excludes halogenated alkanes) is 6. The van der Waals surface area contributed by atoms with Gasteiger partial charge < -0.3 is 24.9 Å². The van der Waals surface area contributed by atoms with E-state index in [0.29, 0.717) is 24.7 Å². The zero-order valence-corrected chi connectivity index (χ0v) is 31.6. The van der Waals surface area contributed by atoms with Crippen molar-refractivity contribution in [2.75, 3.05) is 36.9 Å². The molecular weight excluding hydrogens is 636 g/mol. The molecule has 0 aromatic carbocycles. The SMILES string of the molecule is C1CCOC1.CCCCCCNC(=O)Nc1ccc(O)cn1.CCCCCCNC(=O)Nc1ccc(O[Si](C)(C)C(C)(C)C)cn1.Cl. The van der Waals surface area contributed by atoms with Crippen LogP contribution in [-0.2, 0) is 4.74 Å². The topological polar surface area (TPSA) is 147 Å². The van der Waals surface area contributed by atoms with Gasteiger partial charge in [-0.15, -0.1) is 12.4 Å². The Labute approximate surface area is 290 Å². The van der Waals surface area contributed by atoms with Gasteiger partial charge in [0.15, 0.2) is 0 Å². The lowest BCUT2D eigenvalue weighted by molar-refractivity contribution is 0.198. The van der Waals surface area contributed by atoms with Crippen LogP contribution in [0.5, 0.6) is 11.5 Å². The third kappa shape index (κ3) is 21.4. The minimum absolute atomic E-state index is 0. The van der Waals surface area contributed by atoms with Crippen LogP contribution in [0.1, 0.15) is 98.8 Å². The van der Waals surface area contributed by atoms with E-state index in [2.05, 4.69) is 78.9 Å². The normalized spacial score (nSPS) is 12.2. The van der Waals surface area contributed by atoms with Gasteiger partial charge >= 0.3 is 12.1 Å². The van der Waals surface area contributed by atoms with E-state index in [-0.39, 0.29) is 35.3 Å². The van der Waals surface area contributed by atoms with E-state index < -0.39 is 8.32 Å². The number of carbonyl (C=O) groups excluding carboxylic acids is 2. The van der Waals surface area contributed by atoms with Crippen LogP contribution in [-0.4, -0.2) is 61.8 Å². The molecule has 0 saturated carbocycles. The van der Waals surface area contributed by atoms with Gasteiger partial charge in [-0.1, -0.05) is 73.1 Å². The Kier molecular flexibility index (Phi) is 23.3. The molecule has 3 heterocycles. The molecule has 1 saturated heterocycles. The van der Waals surface area contributed by atoms with E-state index in [1.165, 1.54) is 50.8 Å². The van der Waals surface area contributed by atoms with Crippen molar-refractivity contribution >= 4 is 44.4 Å². The highest BCUT2D eigenvalue weighted by molar-refractivity contribution is 6.74. The van der Waals surface area contributed by atoms with Crippen LogP contribution in [0.3, 0.4) is 0 Å². The summed E-state index contributed by atoms with van der Waals surface area (Å²) in [5, 5.41) is 20.1. The van der Waals surface area contributed by atoms with Crippen molar-refractivity contribution in [2.45, 2.75) is 117 Å². The monoisotopic (exact) mass is 696 g/mol. The van der Waals surface area contributed by atoms with Crippen molar-refractivity contribution in [1.82, 2.24) is 20.6 Å². The van der Waals surface area contributed by atoms with E-state index in [1.807, 2.05) is 6.07 Å². The molecule has 2 aromatic rings. The first-order valence-electron chi connectivity index (χ1n) is 16.9. The molecule has 0 aliphatic carbocycles. The van der Waals surface area contributed by atoms with Crippen LogP contribution in [0.4, 0.5) is 21.2 Å². The summed E-state index contributed by atoms with van der Waals surface area (Å²) in [4.78, 5) is 31.3. The summed E-state index contributed by atoms with van der Waals surface area (Å²) in [6.07, 6.45) is 14.6. The fraction of sp³-hybridized carbons (Fsp3) is 0.647. The maximum absolute atomic E-state index is 11.8. The molecule has 5 N–H and O–H groups in total. The highest BCUT2D eigenvalue weighted by Gasteiger charge is 2.39. The van der Waals surface area contributed by atoms with Crippen molar-refractivity contribution in [2.24, 2.45) is 0 Å². The molecule has 0 unspecified atom stereocenters. The number of aromatic nitrogens is 2. The molecule has 1 fully saturated rings. The maximum atomic E-state index is 11.8. The van der Waals surface area contributed by atoms with Crippen molar-refractivity contribution in [1.29, 1.82) is 0 Å². The Hall–Kier alpha value is -3.09. The number of nitrogens with zero attached hydrogens (tertiary/aromatic N) is 2. The van der Waals surface area contributed by atoms with E-state index in [0.717, 1.165) is 44.6 Å². The van der Waals surface area contributed by atoms with Crippen LogP contribution in [0, 0.1) is 0 Å². The summed E-state index contributed by atoms with van der Waals surface area (Å²) >= 11 is 0. The number of rotatable bonds is 14. The fourth-order valence-electron chi connectivity index (χ4n) is 3.76. The van der Waals surface area contributed by atoms with Crippen molar-refractivity contribution in [3.63, 3.8) is 0 Å². The molecule has 268 valence electrons. The standard InChI is InChI=1S/C18H33N3O2Si.C12H19N3O2.C4H8O.ClH/c1-7-8-9-10-13-19-17(22)21-16-12-11-15(14-20-16)23-24(5,6)18(2,3)4;1-2-3-4-5-8-13-12(17)15-11-7-6-10(16)9-14-11;1-2-4-5-3-1;/h11-12,14H,7-10,13H2,1-6H3,(H2,19,20,21,22);6-7,9,16H,2-5,8H2,1H3,(H2,13,14,15,17);1-4H2;1H. The number of anilines is 2. The predicted molar refractivity (Wildman–Crippen MR) is 198 cm³/mol. The molecule has 47 heavy (non-hydrogen) atoms. The molecule has 2 aromatic heterocycles. The first-order chi connectivity index (χ1) is 21.9. The number of hydrogen-bond donors (Lipinski definition) is 5. The summed E-state index contributed by atoms with van der Waals surface area (Å²) in [7, 11) is -1.86. The van der Waals surface area contributed by atoms with E-state index >= 15 is 0 Å². The highest BCUT2D eigenvalue weighted by Crippen LogP contribution is 2.37. The molecule has 0 atom stereocenters. The summed E-state index contributed by atoms with van der Waals surface area (Å²) in [6.45, 7) is 18.7. The summed E-state index contributed by atoms with van der Waals surface area (Å²) in [6, 6.07) is 6.19. The first-order valence-corrected chi connectivity index (χ1v) is 19.8. The van der Waals surface area contributed by atoms with Crippen LogP contribution >= 0.6 is 12.4 Å². The second-order valence-electron chi connectivity index (χ2n) is 12.8. The van der Waals surface area contributed by atoms with Crippen LogP contribution in [0.2, 0.25) is 18.1 Å². The second kappa shape index (κ2) is 25.0. The molecule has 11 nitrogen and oxygen atoms in total. The van der Waals surface area contributed by atoms with Gasteiger partial charge in [-0.25, -0.2) is 19.6 Å². The van der Waals surface area contributed by atoms with Gasteiger partial charge in [-0.05, 0) is 68.1 Å². The summed E-state index contributed by atoms with van der Waals surface area (Å²) in [5.74, 6) is 1.79. The molecule has 4 amide bonds. The zero-order chi connectivity index (χ0) is 34.3. The number of carbonyl (C=O) groups is 2. The van der Waals surface area contributed by atoms with Gasteiger partial charge in [0.05, 0.1) is 12.4 Å². The van der Waals surface area contributed by atoms with Crippen LogP contribution in [0.25, 0.3) is 0 Å². The van der Waals surface area contributed by atoms with Crippen molar-refractivity contribution in [3.05, 3.63) is 36.7 Å². The number of urea groups is 2. The highest BCUT2D eigenvalue weighted by atomic mass is 35.5. The third-order valence-corrected chi connectivity index (χ3v) is 12.0. The summed E-state index contributed by atoms with van der Waals surface area (Å²) < 4.78 is 11.1. The van der Waals surface area contributed by atoms with Gasteiger partial charge in [0.25, 0.3) is 8.32 Å². The average molecular weight is 697 g/mol. The molecule has 1 aliphatic rings. The Balaban J connectivity index is 0.000000795. The summed E-state index contributed by atoms with van der Waals surface area (Å²) in [5.41, 5.74) is 0. The Morgan fingerprint density at radius 1 is 0.809 bits per heavy atom. The number of amides is 4. The minimum Gasteiger partial charge on any atom is -0.542 e. The third-order valence-electron chi connectivity index (χ3n) is 7.61. The lowest BCUT2D eigenvalue weighted by Crippen LogP contribution is -2.43. The van der Waals surface area contributed by atoms with E-state index in [9.17, 15) is 9.59 Å². The van der Waals surface area contributed by atoms with Crippen molar-refractivity contribution in [3.8, 4) is 11.5 Å². The minimum atomic E-state index is -1.86. The lowest BCUT2D eigenvalue weighted by Gasteiger charge is -2.36. The van der Waals surface area contributed by atoms with Gasteiger partial charge in [-0.3, -0.25) is 10.6 Å². The number of aromatic hydroxyl groups is 1. The predicted octanol–water partition coefficient (Wildman–Crippen LogP) is 8.88. The van der Waals surface area contributed by atoms with Crippen molar-refractivity contribution < 1.29 is 23.9 Å². The maximum Gasteiger partial charge on any atom is 0.320 e. The quantitative estimate of drug-likeness (QED) is 0.0979. The molecule has 0 radical (unpaired) electrons. The second-order valence-corrected chi connectivity index (χ2v) is 17.6. The fourth-order valence-corrected chi connectivity index (χ4v) is 4.78. The van der Waals surface area contributed by atoms with Gasteiger partial charge in [0.1, 0.15) is 23.1 Å². The largest absolute Gasteiger partial charge is 0.542 e. The van der Waals surface area contributed by atoms with Crippen LogP contribution in [0.15, 0.2) is 36.7 Å². The number of pyridine rings is 2. The number of nitrogens with one attached hydrogen (secondary N) is 4. The molecule has 13 heteroatoms. The average Bonchev–Trinajstić information content (AvgIpc) is 3.60. The molecule has 3 rings (SSSR count). The van der Waals surface area contributed by atoms with Gasteiger partial charge in [0, 0.05) is 26.3 Å². The van der Waals surface area contributed by atoms with Crippen LogP contribution < -0.4 is 25.7 Å². The Morgan fingerprint density at radius 2 is 1.30 bits per heavy atom. The van der Waals surface area contributed by atoms with Gasteiger partial charge in [-0.2, -0.15) is 0 Å².